The summed E-state index contributed by atoms with van der Waals surface area (Å²) in [5, 5.41) is 25.3. The van der Waals surface area contributed by atoms with Crippen molar-refractivity contribution < 1.29 is 19.2 Å². The third-order valence-corrected chi connectivity index (χ3v) is 3.84. The fourth-order valence-corrected chi connectivity index (χ4v) is 2.50. The molecule has 142 valence electrons. The smallest absolute Gasteiger partial charge is 0.271 e. The van der Waals surface area contributed by atoms with Crippen molar-refractivity contribution in [3.05, 3.63) is 70.4 Å². The van der Waals surface area contributed by atoms with E-state index in [1.165, 1.54) is 30.5 Å². The molecular formula is C19H16N4O5. The maximum atomic E-state index is 12.2. The van der Waals surface area contributed by atoms with Crippen molar-refractivity contribution >= 4 is 17.3 Å². The molecule has 1 atom stereocenters. The molecule has 1 amide bonds. The molecule has 0 bridgehead atoms. The molecule has 0 fully saturated rings. The molecule has 9 heteroatoms. The minimum absolute atomic E-state index is 0.159. The predicted molar refractivity (Wildman–Crippen MR) is 99.8 cm³/mol. The first kappa shape index (κ1) is 18.7. The Balaban J connectivity index is 1.57. The number of hydrogen-bond donors (Lipinski definition) is 2. The van der Waals surface area contributed by atoms with Gasteiger partial charge >= 0.3 is 0 Å². The summed E-state index contributed by atoms with van der Waals surface area (Å²) in [6, 6.07) is 14.6. The average Bonchev–Trinajstić information content (AvgIpc) is 2.71. The molecule has 0 spiro atoms. The van der Waals surface area contributed by atoms with E-state index in [4.69, 9.17) is 9.47 Å². The van der Waals surface area contributed by atoms with E-state index < -0.39 is 10.8 Å². The van der Waals surface area contributed by atoms with E-state index in [1.807, 2.05) is 18.2 Å². The third kappa shape index (κ3) is 4.56. The van der Waals surface area contributed by atoms with E-state index in [-0.39, 0.29) is 23.1 Å². The van der Waals surface area contributed by atoms with Gasteiger partial charge in [-0.25, -0.2) is 0 Å². The number of anilines is 1. The van der Waals surface area contributed by atoms with Gasteiger partial charge in [-0.3, -0.25) is 14.9 Å². The van der Waals surface area contributed by atoms with Crippen LogP contribution in [-0.2, 0) is 4.79 Å². The zero-order chi connectivity index (χ0) is 19.9. The van der Waals surface area contributed by atoms with Crippen LogP contribution in [0, 0.1) is 21.4 Å². The summed E-state index contributed by atoms with van der Waals surface area (Å²) < 4.78 is 11.4. The fourth-order valence-electron chi connectivity index (χ4n) is 2.50. The van der Waals surface area contributed by atoms with Crippen LogP contribution in [0.2, 0.25) is 0 Å². The van der Waals surface area contributed by atoms with E-state index in [0.717, 1.165) is 0 Å². The number of para-hydroxylation sites is 2. The Morgan fingerprint density at radius 2 is 2.07 bits per heavy atom. The second-order valence-corrected chi connectivity index (χ2v) is 5.84. The molecule has 3 rings (SSSR count). The van der Waals surface area contributed by atoms with Gasteiger partial charge in [0.1, 0.15) is 24.4 Å². The first-order valence-electron chi connectivity index (χ1n) is 8.35. The van der Waals surface area contributed by atoms with Gasteiger partial charge in [-0.1, -0.05) is 18.2 Å². The lowest BCUT2D eigenvalue weighted by Gasteiger charge is -2.26. The first-order valence-corrected chi connectivity index (χ1v) is 8.35. The molecule has 0 radical (unpaired) electrons. The SMILES string of the molecule is N#C/C(=C/NCC1COc2ccccc2O1)C(=O)Nc1cccc([N+](=O)[O-])c1. The lowest BCUT2D eigenvalue weighted by molar-refractivity contribution is -0.384. The summed E-state index contributed by atoms with van der Waals surface area (Å²) in [7, 11) is 0. The molecule has 2 aromatic rings. The standard InChI is InChI=1S/C19H16N4O5/c20-9-13(19(24)22-14-4-3-5-15(8-14)23(25)26)10-21-11-16-12-27-17-6-1-2-7-18(17)28-16/h1-8,10,16,21H,11-12H2,(H,22,24)/b13-10-. The lowest BCUT2D eigenvalue weighted by Crippen LogP contribution is -2.37. The maximum Gasteiger partial charge on any atom is 0.271 e. The number of benzene rings is 2. The van der Waals surface area contributed by atoms with Crippen molar-refractivity contribution in [3.63, 3.8) is 0 Å². The number of nitro benzene ring substituents is 1. The molecular weight excluding hydrogens is 364 g/mol. The Hall–Kier alpha value is -4.06. The third-order valence-electron chi connectivity index (χ3n) is 3.84. The van der Waals surface area contributed by atoms with E-state index in [2.05, 4.69) is 10.6 Å². The number of hydrogen-bond acceptors (Lipinski definition) is 7. The molecule has 0 aromatic heterocycles. The second kappa shape index (κ2) is 8.55. The molecule has 0 aliphatic carbocycles. The van der Waals surface area contributed by atoms with Crippen LogP contribution in [0.3, 0.4) is 0 Å². The van der Waals surface area contributed by atoms with E-state index in [1.54, 1.807) is 12.1 Å². The predicted octanol–water partition coefficient (Wildman–Crippen LogP) is 2.37. The van der Waals surface area contributed by atoms with Crippen molar-refractivity contribution in [2.75, 3.05) is 18.5 Å². The van der Waals surface area contributed by atoms with E-state index in [9.17, 15) is 20.2 Å². The van der Waals surface area contributed by atoms with Gasteiger partial charge in [0.2, 0.25) is 0 Å². The number of amides is 1. The largest absolute Gasteiger partial charge is 0.486 e. The van der Waals surface area contributed by atoms with Crippen LogP contribution in [0.25, 0.3) is 0 Å². The minimum atomic E-state index is -0.679. The van der Waals surface area contributed by atoms with Crippen LogP contribution < -0.4 is 20.1 Å². The van der Waals surface area contributed by atoms with E-state index in [0.29, 0.717) is 24.7 Å². The van der Waals surface area contributed by atoms with Crippen molar-refractivity contribution in [1.29, 1.82) is 5.26 Å². The monoisotopic (exact) mass is 380 g/mol. The molecule has 1 aliphatic rings. The van der Waals surface area contributed by atoms with E-state index >= 15 is 0 Å². The van der Waals surface area contributed by atoms with Crippen LogP contribution in [0.4, 0.5) is 11.4 Å². The van der Waals surface area contributed by atoms with Gasteiger partial charge in [-0.2, -0.15) is 5.26 Å². The zero-order valence-electron chi connectivity index (χ0n) is 14.6. The molecule has 0 saturated carbocycles. The van der Waals surface area contributed by atoms with Crippen LogP contribution in [0.5, 0.6) is 11.5 Å². The van der Waals surface area contributed by atoms with Crippen molar-refractivity contribution in [3.8, 4) is 17.6 Å². The van der Waals surface area contributed by atoms with Crippen LogP contribution in [0.15, 0.2) is 60.3 Å². The lowest BCUT2D eigenvalue weighted by atomic mass is 10.2. The van der Waals surface area contributed by atoms with Crippen molar-refractivity contribution in [1.82, 2.24) is 5.32 Å². The normalized spacial score (nSPS) is 15.2. The van der Waals surface area contributed by atoms with Gasteiger partial charge in [-0.05, 0) is 18.2 Å². The van der Waals surface area contributed by atoms with Gasteiger partial charge in [-0.15, -0.1) is 0 Å². The fraction of sp³-hybridized carbons (Fsp3) is 0.158. The number of nitriles is 1. The highest BCUT2D eigenvalue weighted by molar-refractivity contribution is 6.06. The molecule has 2 N–H and O–H groups in total. The summed E-state index contributed by atoms with van der Waals surface area (Å²) in [5.41, 5.74) is -0.113. The molecule has 9 nitrogen and oxygen atoms in total. The van der Waals surface area contributed by atoms with Crippen molar-refractivity contribution in [2.45, 2.75) is 6.10 Å². The van der Waals surface area contributed by atoms with Gasteiger partial charge in [0.25, 0.3) is 11.6 Å². The topological polar surface area (TPSA) is 127 Å². The molecule has 1 aliphatic heterocycles. The van der Waals surface area contributed by atoms with Gasteiger partial charge in [0, 0.05) is 24.0 Å². The number of fused-ring (bicyclic) bond motifs is 1. The average molecular weight is 380 g/mol. The number of rotatable bonds is 6. The Morgan fingerprint density at radius 3 is 2.82 bits per heavy atom. The Morgan fingerprint density at radius 1 is 1.29 bits per heavy atom. The number of ether oxygens (including phenoxy) is 2. The minimum Gasteiger partial charge on any atom is -0.486 e. The second-order valence-electron chi connectivity index (χ2n) is 5.84. The van der Waals surface area contributed by atoms with Crippen molar-refractivity contribution in [2.24, 2.45) is 0 Å². The van der Waals surface area contributed by atoms with Gasteiger partial charge < -0.3 is 20.1 Å². The summed E-state index contributed by atoms with van der Waals surface area (Å²) >= 11 is 0. The zero-order valence-corrected chi connectivity index (χ0v) is 14.6. The number of non-ortho nitro benzene ring substituents is 1. The van der Waals surface area contributed by atoms with Gasteiger partial charge in [0.05, 0.1) is 11.5 Å². The summed E-state index contributed by atoms with van der Waals surface area (Å²) in [5.74, 6) is 0.624. The quantitative estimate of drug-likeness (QED) is 0.341. The molecule has 1 unspecified atom stereocenters. The molecule has 2 aromatic carbocycles. The van der Waals surface area contributed by atoms with Crippen LogP contribution >= 0.6 is 0 Å². The maximum absolute atomic E-state index is 12.2. The summed E-state index contributed by atoms with van der Waals surface area (Å²) in [6.45, 7) is 0.656. The number of nitro groups is 1. The van der Waals surface area contributed by atoms with Crippen LogP contribution in [-0.4, -0.2) is 30.1 Å². The Bertz CT molecular complexity index is 967. The number of nitrogens with one attached hydrogen (secondary N) is 2. The first-order chi connectivity index (χ1) is 13.6. The number of nitrogens with zero attached hydrogens (tertiary/aromatic N) is 2. The highest BCUT2D eigenvalue weighted by Crippen LogP contribution is 2.30. The molecule has 28 heavy (non-hydrogen) atoms. The Kier molecular flexibility index (Phi) is 5.72. The molecule has 0 saturated heterocycles. The number of carbonyl (C=O) groups excluding carboxylic acids is 1. The van der Waals surface area contributed by atoms with Crippen LogP contribution in [0.1, 0.15) is 0 Å². The van der Waals surface area contributed by atoms with Gasteiger partial charge in [0.15, 0.2) is 11.5 Å². The molecule has 1 heterocycles. The number of carbonyl (C=O) groups is 1. The highest BCUT2D eigenvalue weighted by Gasteiger charge is 2.20. The Labute approximate surface area is 160 Å². The summed E-state index contributed by atoms with van der Waals surface area (Å²) in [6.07, 6.45) is 0.988. The summed E-state index contributed by atoms with van der Waals surface area (Å²) in [4.78, 5) is 22.4. The highest BCUT2D eigenvalue weighted by atomic mass is 16.6.